The van der Waals surface area contributed by atoms with Crippen LogP contribution in [0.1, 0.15) is 32.6 Å². The van der Waals surface area contributed by atoms with Gasteiger partial charge in [0.2, 0.25) is 0 Å². The third-order valence-electron chi connectivity index (χ3n) is 4.94. The van der Waals surface area contributed by atoms with E-state index < -0.39 is 11.4 Å². The first-order valence-corrected chi connectivity index (χ1v) is 9.30. The van der Waals surface area contributed by atoms with Crippen LogP contribution in [0.4, 0.5) is 0 Å². The van der Waals surface area contributed by atoms with Crippen molar-refractivity contribution in [3.05, 3.63) is 30.3 Å². The summed E-state index contributed by atoms with van der Waals surface area (Å²) in [4.78, 5) is 3.60. The quantitative estimate of drug-likeness (QED) is 0.804. The van der Waals surface area contributed by atoms with Crippen LogP contribution < -0.4 is 0 Å². The Morgan fingerprint density at radius 3 is 2.19 bits per heavy atom. The number of likely N-dealkylation sites (tertiary alicyclic amines) is 1. The Morgan fingerprint density at radius 1 is 0.952 bits per heavy atom. The summed E-state index contributed by atoms with van der Waals surface area (Å²) < 4.78 is 14.7. The standard InChI is InChI=1S/C17H26N2OS/c1-15-7-11-18(12-8-15)16-9-13-19(14-10-16)21(20)17-5-3-2-4-6-17/h2-6,15-16H,7-14H2,1H3. The van der Waals surface area contributed by atoms with Crippen LogP contribution >= 0.6 is 0 Å². The lowest BCUT2D eigenvalue weighted by atomic mass is 9.95. The minimum atomic E-state index is -0.981. The number of hydrogen-bond donors (Lipinski definition) is 0. The number of benzene rings is 1. The van der Waals surface area contributed by atoms with Gasteiger partial charge in [0.15, 0.2) is 4.90 Å². The van der Waals surface area contributed by atoms with Crippen molar-refractivity contribution in [2.75, 3.05) is 26.2 Å². The van der Waals surface area contributed by atoms with Gasteiger partial charge in [-0.3, -0.25) is 0 Å². The van der Waals surface area contributed by atoms with Crippen molar-refractivity contribution in [1.82, 2.24) is 9.21 Å². The Hall–Kier alpha value is -0.550. The van der Waals surface area contributed by atoms with E-state index in [1.807, 2.05) is 30.3 Å². The highest BCUT2D eigenvalue weighted by Gasteiger charge is 2.32. The van der Waals surface area contributed by atoms with E-state index in [4.69, 9.17) is 0 Å². The number of hydrogen-bond acceptors (Lipinski definition) is 3. The molecule has 0 N–H and O–H groups in total. The van der Waals surface area contributed by atoms with E-state index in [2.05, 4.69) is 16.1 Å². The molecule has 1 unspecified atom stereocenters. The normalized spacial score (nSPS) is 25.0. The Morgan fingerprint density at radius 2 is 1.57 bits per heavy atom. The van der Waals surface area contributed by atoms with Crippen LogP contribution in [0.2, 0.25) is 0 Å². The molecule has 2 heterocycles. The van der Waals surface area contributed by atoms with Gasteiger partial charge in [0, 0.05) is 19.1 Å². The Balaban J connectivity index is 1.51. The molecule has 21 heavy (non-hydrogen) atoms. The molecule has 1 aromatic rings. The van der Waals surface area contributed by atoms with E-state index in [1.165, 1.54) is 25.9 Å². The van der Waals surface area contributed by atoms with E-state index in [1.54, 1.807) is 0 Å². The molecular formula is C17H26N2OS. The molecule has 3 rings (SSSR count). The number of nitrogens with zero attached hydrogens (tertiary/aromatic N) is 2. The Kier molecular flexibility index (Phi) is 5.22. The Bertz CT molecular complexity index is 426. The van der Waals surface area contributed by atoms with Crippen molar-refractivity contribution in [3.63, 3.8) is 0 Å². The van der Waals surface area contributed by atoms with Crippen LogP contribution in [0.3, 0.4) is 0 Å². The minimum absolute atomic E-state index is 0.710. The van der Waals surface area contributed by atoms with E-state index in [-0.39, 0.29) is 0 Å². The topological polar surface area (TPSA) is 29.5 Å². The summed E-state index contributed by atoms with van der Waals surface area (Å²) >= 11 is -0.981. The van der Waals surface area contributed by atoms with Crippen LogP contribution in [0, 0.1) is 5.92 Å². The van der Waals surface area contributed by atoms with Crippen molar-refractivity contribution in [2.45, 2.75) is 43.5 Å². The highest BCUT2D eigenvalue weighted by Crippen LogP contribution is 2.26. The van der Waals surface area contributed by atoms with Gasteiger partial charge in [-0.15, -0.1) is 4.31 Å². The molecule has 2 saturated heterocycles. The molecule has 116 valence electrons. The minimum Gasteiger partial charge on any atom is -0.593 e. The fourth-order valence-corrected chi connectivity index (χ4v) is 4.68. The molecule has 2 aliphatic rings. The van der Waals surface area contributed by atoms with Crippen molar-refractivity contribution >= 4 is 11.4 Å². The number of rotatable bonds is 3. The average Bonchev–Trinajstić information content (AvgIpc) is 2.56. The molecular weight excluding hydrogens is 280 g/mol. The second-order valence-corrected chi connectivity index (χ2v) is 7.93. The fourth-order valence-electron chi connectivity index (χ4n) is 3.45. The van der Waals surface area contributed by atoms with Gasteiger partial charge < -0.3 is 9.45 Å². The van der Waals surface area contributed by atoms with E-state index in [0.717, 1.165) is 36.7 Å². The molecule has 2 aliphatic heterocycles. The summed E-state index contributed by atoms with van der Waals surface area (Å²) in [5.74, 6) is 0.895. The molecule has 0 bridgehead atoms. The van der Waals surface area contributed by atoms with Gasteiger partial charge in [-0.05, 0) is 56.8 Å². The smallest absolute Gasteiger partial charge is 0.174 e. The van der Waals surface area contributed by atoms with Crippen LogP contribution in [-0.2, 0) is 11.4 Å². The molecule has 1 atom stereocenters. The van der Waals surface area contributed by atoms with Gasteiger partial charge >= 0.3 is 0 Å². The summed E-state index contributed by atoms with van der Waals surface area (Å²) in [5, 5.41) is 0. The third-order valence-corrected chi connectivity index (χ3v) is 6.45. The summed E-state index contributed by atoms with van der Waals surface area (Å²) in [5.41, 5.74) is 0. The maximum Gasteiger partial charge on any atom is 0.174 e. The highest BCUT2D eigenvalue weighted by atomic mass is 32.2. The average molecular weight is 306 g/mol. The molecule has 0 aromatic heterocycles. The summed E-state index contributed by atoms with van der Waals surface area (Å²) in [7, 11) is 0. The maximum absolute atomic E-state index is 12.5. The molecule has 0 spiro atoms. The maximum atomic E-state index is 12.5. The van der Waals surface area contributed by atoms with E-state index >= 15 is 0 Å². The predicted molar refractivity (Wildman–Crippen MR) is 87.4 cm³/mol. The van der Waals surface area contributed by atoms with Crippen molar-refractivity contribution in [1.29, 1.82) is 0 Å². The van der Waals surface area contributed by atoms with Crippen LogP contribution in [0.25, 0.3) is 0 Å². The highest BCUT2D eigenvalue weighted by molar-refractivity contribution is 7.89. The number of piperidine rings is 2. The lowest BCUT2D eigenvalue weighted by molar-refractivity contribution is 0.101. The molecule has 4 heteroatoms. The first kappa shape index (κ1) is 15.3. The van der Waals surface area contributed by atoms with Crippen molar-refractivity contribution in [2.24, 2.45) is 5.92 Å². The third kappa shape index (κ3) is 3.81. The summed E-state index contributed by atoms with van der Waals surface area (Å²) in [6.07, 6.45) is 5.01. The van der Waals surface area contributed by atoms with Crippen molar-refractivity contribution in [3.8, 4) is 0 Å². The SMILES string of the molecule is CC1CCN(C2CCN([S+]([O-])c3ccccc3)CC2)CC1. The first-order valence-electron chi connectivity index (χ1n) is 8.20. The zero-order chi connectivity index (χ0) is 14.7. The lowest BCUT2D eigenvalue weighted by Gasteiger charge is -2.40. The summed E-state index contributed by atoms with van der Waals surface area (Å²) in [6.45, 7) is 6.79. The van der Waals surface area contributed by atoms with Gasteiger partial charge in [-0.2, -0.15) is 0 Å². The van der Waals surface area contributed by atoms with Gasteiger partial charge in [0.25, 0.3) is 0 Å². The van der Waals surface area contributed by atoms with Crippen molar-refractivity contribution < 1.29 is 4.55 Å². The van der Waals surface area contributed by atoms with Crippen LogP contribution in [0.15, 0.2) is 35.2 Å². The second kappa shape index (κ2) is 7.14. The first-order chi connectivity index (χ1) is 10.2. The second-order valence-electron chi connectivity index (χ2n) is 6.44. The molecule has 0 aliphatic carbocycles. The van der Waals surface area contributed by atoms with Crippen LogP contribution in [-0.4, -0.2) is 46.0 Å². The van der Waals surface area contributed by atoms with Gasteiger partial charge in [-0.25, -0.2) is 0 Å². The van der Waals surface area contributed by atoms with Gasteiger partial charge in [-0.1, -0.05) is 25.1 Å². The zero-order valence-electron chi connectivity index (χ0n) is 12.9. The monoisotopic (exact) mass is 306 g/mol. The van der Waals surface area contributed by atoms with Gasteiger partial charge in [0.1, 0.15) is 0 Å². The molecule has 3 nitrogen and oxygen atoms in total. The van der Waals surface area contributed by atoms with Crippen LogP contribution in [0.5, 0.6) is 0 Å². The van der Waals surface area contributed by atoms with E-state index in [9.17, 15) is 4.55 Å². The summed E-state index contributed by atoms with van der Waals surface area (Å²) in [6, 6.07) is 10.6. The molecule has 0 saturated carbocycles. The van der Waals surface area contributed by atoms with Gasteiger partial charge in [0.05, 0.1) is 11.4 Å². The largest absolute Gasteiger partial charge is 0.593 e. The van der Waals surface area contributed by atoms with E-state index in [0.29, 0.717) is 6.04 Å². The lowest BCUT2D eigenvalue weighted by Crippen LogP contribution is -2.48. The molecule has 0 radical (unpaired) electrons. The zero-order valence-corrected chi connectivity index (χ0v) is 13.7. The molecule has 2 fully saturated rings. The Labute approximate surface area is 131 Å². The molecule has 1 aromatic carbocycles. The predicted octanol–water partition coefficient (Wildman–Crippen LogP) is 2.91. The fraction of sp³-hybridized carbons (Fsp3) is 0.647. The molecule has 0 amide bonds.